The van der Waals surface area contributed by atoms with Crippen molar-refractivity contribution in [3.8, 4) is 0 Å². The molecule has 0 saturated carbocycles. The molecular weight excluding hydrogens is 360 g/mol. The highest BCUT2D eigenvalue weighted by molar-refractivity contribution is 6.33. The topological polar surface area (TPSA) is 106 Å². The van der Waals surface area contributed by atoms with E-state index in [1.165, 1.54) is 11.6 Å². The van der Waals surface area contributed by atoms with Gasteiger partial charge in [-0.25, -0.2) is 10.2 Å². The molecule has 0 aliphatic heterocycles. The Balaban J connectivity index is 2.03. The fourth-order valence-electron chi connectivity index (χ4n) is 2.46. The zero-order valence-electron chi connectivity index (χ0n) is 14.2. The first kappa shape index (κ1) is 17.9. The number of methoxy groups -OCH3 is 1. The summed E-state index contributed by atoms with van der Waals surface area (Å²) in [5.41, 5.74) is 2.99. The average Bonchev–Trinajstić information content (AvgIpc) is 2.99. The molecule has 0 aliphatic rings. The Morgan fingerprint density at radius 3 is 2.88 bits per heavy atom. The maximum absolute atomic E-state index is 12.2. The standard InChI is InChI=1S/C16H17ClN6O3/c1-22-13-12(14(24)20-16(22)25)23(7-8-26-2)15(19-13)21-18-9-10-5-3-4-6-11(10)17/h3-6,9H,7-8H2,1-2H3,(H,19,21)(H,20,24,25). The molecule has 0 spiro atoms. The minimum absolute atomic E-state index is 0.255. The van der Waals surface area contributed by atoms with Crippen molar-refractivity contribution in [1.82, 2.24) is 19.1 Å². The SMILES string of the molecule is COCCn1c(NN=Cc2ccccc2Cl)nc2c1c(=O)[nH]c(=O)n2C. The quantitative estimate of drug-likeness (QED) is 0.496. The predicted molar refractivity (Wildman–Crippen MR) is 100 cm³/mol. The van der Waals surface area contributed by atoms with Gasteiger partial charge in [-0.1, -0.05) is 29.8 Å². The van der Waals surface area contributed by atoms with Gasteiger partial charge < -0.3 is 9.30 Å². The number of hydrogen-bond donors (Lipinski definition) is 2. The second kappa shape index (κ2) is 7.54. The number of H-pyrrole nitrogens is 1. The number of anilines is 1. The van der Waals surface area contributed by atoms with Crippen LogP contribution in [0.4, 0.5) is 5.95 Å². The molecule has 0 bridgehead atoms. The third-order valence-corrected chi connectivity index (χ3v) is 4.14. The number of nitrogens with one attached hydrogen (secondary N) is 2. The van der Waals surface area contributed by atoms with Crippen molar-refractivity contribution < 1.29 is 4.74 Å². The molecule has 0 amide bonds. The molecule has 1 aromatic carbocycles. The lowest BCUT2D eigenvalue weighted by atomic mass is 10.2. The van der Waals surface area contributed by atoms with Crippen LogP contribution in [0.3, 0.4) is 0 Å². The van der Waals surface area contributed by atoms with E-state index < -0.39 is 11.2 Å². The van der Waals surface area contributed by atoms with E-state index in [2.05, 4.69) is 20.5 Å². The zero-order valence-corrected chi connectivity index (χ0v) is 14.9. The molecule has 136 valence electrons. The predicted octanol–water partition coefficient (Wildman–Crippen LogP) is 1.17. The van der Waals surface area contributed by atoms with Gasteiger partial charge in [0.25, 0.3) is 5.56 Å². The number of imidazole rings is 1. The highest BCUT2D eigenvalue weighted by Gasteiger charge is 2.16. The van der Waals surface area contributed by atoms with Gasteiger partial charge in [-0.2, -0.15) is 10.1 Å². The van der Waals surface area contributed by atoms with Crippen LogP contribution < -0.4 is 16.7 Å². The summed E-state index contributed by atoms with van der Waals surface area (Å²) in [5.74, 6) is 0.312. The molecular formula is C16H17ClN6O3. The van der Waals surface area contributed by atoms with E-state index in [0.29, 0.717) is 24.1 Å². The van der Waals surface area contributed by atoms with Crippen molar-refractivity contribution in [2.24, 2.45) is 12.1 Å². The number of aromatic amines is 1. The molecule has 26 heavy (non-hydrogen) atoms. The van der Waals surface area contributed by atoms with Gasteiger partial charge >= 0.3 is 5.69 Å². The summed E-state index contributed by atoms with van der Waals surface area (Å²) in [6.45, 7) is 0.717. The van der Waals surface area contributed by atoms with Crippen LogP contribution in [0.25, 0.3) is 11.2 Å². The number of halogens is 1. The van der Waals surface area contributed by atoms with Crippen LogP contribution in [0.1, 0.15) is 5.56 Å². The van der Waals surface area contributed by atoms with E-state index in [9.17, 15) is 9.59 Å². The van der Waals surface area contributed by atoms with Gasteiger partial charge in [0, 0.05) is 31.3 Å². The highest BCUT2D eigenvalue weighted by atomic mass is 35.5. The Labute approximate surface area is 152 Å². The second-order valence-electron chi connectivity index (χ2n) is 5.46. The number of ether oxygens (including phenoxy) is 1. The first-order valence-corrected chi connectivity index (χ1v) is 8.13. The van der Waals surface area contributed by atoms with Crippen LogP contribution >= 0.6 is 11.6 Å². The Hall–Kier alpha value is -2.91. The van der Waals surface area contributed by atoms with Gasteiger partial charge in [0.1, 0.15) is 0 Å². The van der Waals surface area contributed by atoms with Crippen molar-refractivity contribution in [1.29, 1.82) is 0 Å². The van der Waals surface area contributed by atoms with Crippen LogP contribution in [0.2, 0.25) is 5.02 Å². The van der Waals surface area contributed by atoms with Crippen LogP contribution in [-0.4, -0.2) is 39.0 Å². The van der Waals surface area contributed by atoms with Crippen LogP contribution in [0.15, 0.2) is 39.0 Å². The number of rotatable bonds is 6. The maximum Gasteiger partial charge on any atom is 0.329 e. The lowest BCUT2D eigenvalue weighted by molar-refractivity contribution is 0.188. The second-order valence-corrected chi connectivity index (χ2v) is 5.87. The third-order valence-electron chi connectivity index (χ3n) is 3.80. The Morgan fingerprint density at radius 2 is 2.15 bits per heavy atom. The average molecular weight is 377 g/mol. The normalized spacial score (nSPS) is 11.5. The number of hydrogen-bond acceptors (Lipinski definition) is 6. The number of aryl methyl sites for hydroxylation is 1. The van der Waals surface area contributed by atoms with Gasteiger partial charge in [-0.05, 0) is 6.07 Å². The van der Waals surface area contributed by atoms with Gasteiger partial charge in [0.05, 0.1) is 12.8 Å². The van der Waals surface area contributed by atoms with Gasteiger partial charge in [0.2, 0.25) is 5.95 Å². The number of nitrogens with zero attached hydrogens (tertiary/aromatic N) is 4. The van der Waals surface area contributed by atoms with E-state index in [1.807, 2.05) is 18.2 Å². The largest absolute Gasteiger partial charge is 0.383 e. The monoisotopic (exact) mass is 376 g/mol. The summed E-state index contributed by atoms with van der Waals surface area (Å²) in [6.07, 6.45) is 1.55. The van der Waals surface area contributed by atoms with Crippen molar-refractivity contribution >= 4 is 34.9 Å². The van der Waals surface area contributed by atoms with Crippen LogP contribution in [0.5, 0.6) is 0 Å². The molecule has 0 unspecified atom stereocenters. The van der Waals surface area contributed by atoms with E-state index in [4.69, 9.17) is 16.3 Å². The molecule has 2 N–H and O–H groups in total. The zero-order chi connectivity index (χ0) is 18.7. The molecule has 0 fully saturated rings. The molecule has 9 nitrogen and oxygen atoms in total. The Morgan fingerprint density at radius 1 is 1.38 bits per heavy atom. The summed E-state index contributed by atoms with van der Waals surface area (Å²) in [5, 5.41) is 4.70. The fourth-order valence-corrected chi connectivity index (χ4v) is 2.64. The lowest BCUT2D eigenvalue weighted by Crippen LogP contribution is -2.29. The summed E-state index contributed by atoms with van der Waals surface area (Å²) in [7, 11) is 3.09. The minimum atomic E-state index is -0.537. The molecule has 0 saturated heterocycles. The first-order chi connectivity index (χ1) is 12.5. The van der Waals surface area contributed by atoms with Crippen molar-refractivity contribution in [3.05, 3.63) is 55.7 Å². The van der Waals surface area contributed by atoms with E-state index in [1.54, 1.807) is 24.0 Å². The Kier molecular flexibility index (Phi) is 5.19. The third kappa shape index (κ3) is 3.39. The van der Waals surface area contributed by atoms with Crippen molar-refractivity contribution in [3.63, 3.8) is 0 Å². The van der Waals surface area contributed by atoms with Crippen LogP contribution in [-0.2, 0) is 18.3 Å². The molecule has 2 aromatic heterocycles. The molecule has 3 aromatic rings. The number of hydrazone groups is 1. The van der Waals surface area contributed by atoms with E-state index in [-0.39, 0.29) is 11.2 Å². The van der Waals surface area contributed by atoms with Gasteiger partial charge in [0.15, 0.2) is 11.2 Å². The Bertz CT molecular complexity index is 1080. The maximum atomic E-state index is 12.2. The van der Waals surface area contributed by atoms with Crippen molar-refractivity contribution in [2.45, 2.75) is 6.54 Å². The molecule has 10 heteroatoms. The summed E-state index contributed by atoms with van der Waals surface area (Å²) in [6, 6.07) is 7.24. The van der Waals surface area contributed by atoms with E-state index in [0.717, 1.165) is 5.56 Å². The lowest BCUT2D eigenvalue weighted by Gasteiger charge is -2.07. The highest BCUT2D eigenvalue weighted by Crippen LogP contribution is 2.16. The molecule has 0 aliphatic carbocycles. The van der Waals surface area contributed by atoms with Gasteiger partial charge in [-0.3, -0.25) is 14.3 Å². The molecule has 2 heterocycles. The number of benzene rings is 1. The molecule has 0 radical (unpaired) electrons. The summed E-state index contributed by atoms with van der Waals surface area (Å²) >= 11 is 6.09. The van der Waals surface area contributed by atoms with Crippen LogP contribution in [0, 0.1) is 0 Å². The van der Waals surface area contributed by atoms with Gasteiger partial charge in [-0.15, -0.1) is 0 Å². The number of fused-ring (bicyclic) bond motifs is 1. The van der Waals surface area contributed by atoms with E-state index >= 15 is 0 Å². The molecule has 0 atom stereocenters. The smallest absolute Gasteiger partial charge is 0.329 e. The fraction of sp³-hybridized carbons (Fsp3) is 0.250. The number of aromatic nitrogens is 4. The summed E-state index contributed by atoms with van der Waals surface area (Å²) < 4.78 is 7.97. The minimum Gasteiger partial charge on any atom is -0.383 e. The first-order valence-electron chi connectivity index (χ1n) is 7.75. The van der Waals surface area contributed by atoms with Crippen molar-refractivity contribution in [2.75, 3.05) is 19.1 Å². The summed E-state index contributed by atoms with van der Waals surface area (Å²) in [4.78, 5) is 30.6. The molecule has 3 rings (SSSR count).